The topological polar surface area (TPSA) is 51.8 Å². The Morgan fingerprint density at radius 1 is 0.944 bits per heavy atom. The second-order valence-corrected chi connectivity index (χ2v) is 4.36. The van der Waals surface area contributed by atoms with Crippen LogP contribution in [0.25, 0.3) is 22.2 Å². The van der Waals surface area contributed by atoms with Crippen LogP contribution in [0.4, 0.5) is 5.82 Å². The van der Waals surface area contributed by atoms with Crippen molar-refractivity contribution in [3.05, 3.63) is 53.7 Å². The number of nitrogen functional groups attached to an aromatic ring is 1. The number of rotatable bonds is 1. The van der Waals surface area contributed by atoms with E-state index in [1.165, 1.54) is 0 Å². The van der Waals surface area contributed by atoms with Gasteiger partial charge >= 0.3 is 0 Å². The van der Waals surface area contributed by atoms with E-state index in [0.29, 0.717) is 16.6 Å². The van der Waals surface area contributed by atoms with E-state index in [2.05, 4.69) is 9.97 Å². The number of pyridine rings is 2. The summed E-state index contributed by atoms with van der Waals surface area (Å²) in [5, 5.41) is 1.34. The van der Waals surface area contributed by atoms with Crippen LogP contribution in [0.3, 0.4) is 0 Å². The number of hydrogen-bond donors (Lipinski definition) is 1. The summed E-state index contributed by atoms with van der Waals surface area (Å²) in [4.78, 5) is 8.44. The van der Waals surface area contributed by atoms with Gasteiger partial charge in [0.1, 0.15) is 11.0 Å². The molecule has 0 saturated heterocycles. The molecular weight excluding hydrogens is 246 g/mol. The first-order valence-electron chi connectivity index (χ1n) is 5.52. The zero-order chi connectivity index (χ0) is 12.5. The van der Waals surface area contributed by atoms with Gasteiger partial charge < -0.3 is 5.73 Å². The maximum atomic E-state index is 5.97. The standard InChI is InChI=1S/C14H10ClN3/c15-12-7-6-10-8-11(9-4-2-1-3-5-9)13(16)18-14(10)17-12/h1-8H,(H2,16,17,18). The van der Waals surface area contributed by atoms with Crippen LogP contribution in [-0.4, -0.2) is 9.97 Å². The molecule has 0 atom stereocenters. The first-order chi connectivity index (χ1) is 8.74. The summed E-state index contributed by atoms with van der Waals surface area (Å²) >= 11 is 5.84. The zero-order valence-corrected chi connectivity index (χ0v) is 10.2. The average Bonchev–Trinajstić information content (AvgIpc) is 2.39. The molecule has 3 aromatic rings. The lowest BCUT2D eigenvalue weighted by atomic mass is 10.1. The molecule has 0 unspecified atom stereocenters. The van der Waals surface area contributed by atoms with Crippen molar-refractivity contribution in [2.24, 2.45) is 0 Å². The molecule has 3 rings (SSSR count). The highest BCUT2D eigenvalue weighted by Gasteiger charge is 2.07. The second-order valence-electron chi connectivity index (χ2n) is 3.97. The van der Waals surface area contributed by atoms with Gasteiger partial charge in [-0.05, 0) is 23.8 Å². The molecule has 0 aliphatic carbocycles. The van der Waals surface area contributed by atoms with Crippen molar-refractivity contribution in [2.45, 2.75) is 0 Å². The fourth-order valence-electron chi connectivity index (χ4n) is 1.89. The van der Waals surface area contributed by atoms with Gasteiger partial charge in [0.2, 0.25) is 0 Å². The number of fused-ring (bicyclic) bond motifs is 1. The minimum absolute atomic E-state index is 0.418. The van der Waals surface area contributed by atoms with Crippen LogP contribution in [0, 0.1) is 0 Å². The van der Waals surface area contributed by atoms with Gasteiger partial charge in [-0.2, -0.15) is 0 Å². The first kappa shape index (κ1) is 11.0. The summed E-state index contributed by atoms with van der Waals surface area (Å²) in [5.74, 6) is 0.462. The summed E-state index contributed by atoms with van der Waals surface area (Å²) in [6, 6.07) is 15.5. The number of nitrogens with zero attached hydrogens (tertiary/aromatic N) is 2. The third kappa shape index (κ3) is 1.89. The maximum Gasteiger partial charge on any atom is 0.163 e. The van der Waals surface area contributed by atoms with E-state index in [1.807, 2.05) is 42.5 Å². The summed E-state index contributed by atoms with van der Waals surface area (Å²) in [6.45, 7) is 0. The third-order valence-electron chi connectivity index (χ3n) is 2.76. The van der Waals surface area contributed by atoms with E-state index in [-0.39, 0.29) is 0 Å². The number of halogens is 1. The van der Waals surface area contributed by atoms with Gasteiger partial charge in [0.15, 0.2) is 5.65 Å². The largest absolute Gasteiger partial charge is 0.383 e. The van der Waals surface area contributed by atoms with Crippen LogP contribution in [0.5, 0.6) is 0 Å². The smallest absolute Gasteiger partial charge is 0.163 e. The van der Waals surface area contributed by atoms with Crippen LogP contribution in [0.2, 0.25) is 5.15 Å². The Balaban J connectivity index is 2.25. The van der Waals surface area contributed by atoms with Crippen LogP contribution in [-0.2, 0) is 0 Å². The van der Waals surface area contributed by atoms with E-state index < -0.39 is 0 Å². The van der Waals surface area contributed by atoms with Crippen LogP contribution in [0.15, 0.2) is 48.5 Å². The van der Waals surface area contributed by atoms with E-state index in [9.17, 15) is 0 Å². The van der Waals surface area contributed by atoms with Gasteiger partial charge in [-0.3, -0.25) is 0 Å². The zero-order valence-electron chi connectivity index (χ0n) is 9.47. The molecule has 0 radical (unpaired) electrons. The second kappa shape index (κ2) is 4.27. The Morgan fingerprint density at radius 2 is 1.72 bits per heavy atom. The number of aromatic nitrogens is 2. The van der Waals surface area contributed by atoms with Crippen molar-refractivity contribution in [3.63, 3.8) is 0 Å². The summed E-state index contributed by atoms with van der Waals surface area (Å²) in [6.07, 6.45) is 0. The summed E-state index contributed by atoms with van der Waals surface area (Å²) < 4.78 is 0. The molecule has 0 bridgehead atoms. The fourth-order valence-corrected chi connectivity index (χ4v) is 2.03. The number of hydrogen-bond acceptors (Lipinski definition) is 3. The van der Waals surface area contributed by atoms with Crippen molar-refractivity contribution < 1.29 is 0 Å². The molecule has 0 amide bonds. The molecule has 0 aliphatic rings. The normalized spacial score (nSPS) is 10.7. The molecular formula is C14H10ClN3. The molecule has 2 heterocycles. The highest BCUT2D eigenvalue weighted by molar-refractivity contribution is 6.29. The van der Waals surface area contributed by atoms with E-state index in [0.717, 1.165) is 16.5 Å². The Labute approximate surface area is 109 Å². The quantitative estimate of drug-likeness (QED) is 0.677. The monoisotopic (exact) mass is 255 g/mol. The average molecular weight is 256 g/mol. The molecule has 0 spiro atoms. The molecule has 0 aliphatic heterocycles. The maximum absolute atomic E-state index is 5.97. The minimum atomic E-state index is 0.418. The predicted molar refractivity (Wildman–Crippen MR) is 74.4 cm³/mol. The lowest BCUT2D eigenvalue weighted by Gasteiger charge is -2.06. The molecule has 18 heavy (non-hydrogen) atoms. The van der Waals surface area contributed by atoms with E-state index in [1.54, 1.807) is 6.07 Å². The van der Waals surface area contributed by atoms with Crippen molar-refractivity contribution in [2.75, 3.05) is 5.73 Å². The van der Waals surface area contributed by atoms with Crippen LogP contribution in [0.1, 0.15) is 0 Å². The molecule has 0 saturated carbocycles. The Kier molecular flexibility index (Phi) is 2.61. The van der Waals surface area contributed by atoms with Gasteiger partial charge in [0.05, 0.1) is 0 Å². The first-order valence-corrected chi connectivity index (χ1v) is 5.90. The van der Waals surface area contributed by atoms with E-state index in [4.69, 9.17) is 17.3 Å². The van der Waals surface area contributed by atoms with Crippen molar-refractivity contribution in [1.29, 1.82) is 0 Å². The van der Waals surface area contributed by atoms with Crippen LogP contribution >= 0.6 is 11.6 Å². The molecule has 3 nitrogen and oxygen atoms in total. The lowest BCUT2D eigenvalue weighted by Crippen LogP contribution is -1.96. The molecule has 2 N–H and O–H groups in total. The Hall–Kier alpha value is -2.13. The van der Waals surface area contributed by atoms with Crippen molar-refractivity contribution in [1.82, 2.24) is 9.97 Å². The molecule has 4 heteroatoms. The van der Waals surface area contributed by atoms with Gasteiger partial charge in [-0.1, -0.05) is 41.9 Å². The molecule has 2 aromatic heterocycles. The highest BCUT2D eigenvalue weighted by atomic mass is 35.5. The van der Waals surface area contributed by atoms with Gasteiger partial charge in [-0.25, -0.2) is 9.97 Å². The summed E-state index contributed by atoms with van der Waals surface area (Å²) in [7, 11) is 0. The Morgan fingerprint density at radius 3 is 2.50 bits per heavy atom. The lowest BCUT2D eigenvalue weighted by molar-refractivity contribution is 1.29. The van der Waals surface area contributed by atoms with Crippen molar-refractivity contribution >= 4 is 28.5 Å². The van der Waals surface area contributed by atoms with Gasteiger partial charge in [-0.15, -0.1) is 0 Å². The number of anilines is 1. The van der Waals surface area contributed by atoms with Gasteiger partial charge in [0, 0.05) is 10.9 Å². The van der Waals surface area contributed by atoms with Crippen LogP contribution < -0.4 is 5.73 Å². The molecule has 0 fully saturated rings. The third-order valence-corrected chi connectivity index (χ3v) is 2.97. The SMILES string of the molecule is Nc1nc2nc(Cl)ccc2cc1-c1ccccc1. The summed E-state index contributed by atoms with van der Waals surface area (Å²) in [5.41, 5.74) is 8.49. The Bertz CT molecular complexity index is 711. The minimum Gasteiger partial charge on any atom is -0.383 e. The number of nitrogens with two attached hydrogens (primary N) is 1. The highest BCUT2D eigenvalue weighted by Crippen LogP contribution is 2.27. The van der Waals surface area contributed by atoms with E-state index >= 15 is 0 Å². The van der Waals surface area contributed by atoms with Crippen molar-refractivity contribution in [3.8, 4) is 11.1 Å². The fraction of sp³-hybridized carbons (Fsp3) is 0. The predicted octanol–water partition coefficient (Wildman–Crippen LogP) is 3.53. The van der Waals surface area contributed by atoms with Gasteiger partial charge in [0.25, 0.3) is 0 Å². The number of benzene rings is 1. The molecule has 1 aromatic carbocycles. The molecule has 88 valence electrons.